The molecule has 0 saturated heterocycles. The van der Waals surface area contributed by atoms with Gasteiger partial charge >= 0.3 is 0 Å². The lowest BCUT2D eigenvalue weighted by atomic mass is 10.1. The Morgan fingerprint density at radius 1 is 1.50 bits per heavy atom. The molecule has 0 aliphatic carbocycles. The Bertz CT molecular complexity index is 366. The van der Waals surface area contributed by atoms with Crippen LogP contribution in [-0.4, -0.2) is 13.3 Å². The summed E-state index contributed by atoms with van der Waals surface area (Å²) in [6.07, 6.45) is 0.845. The van der Waals surface area contributed by atoms with E-state index in [4.69, 9.17) is 15.2 Å². The van der Waals surface area contributed by atoms with E-state index in [0.29, 0.717) is 13.3 Å². The Hall–Kier alpha value is -0.740. The molecule has 0 bridgehead atoms. The molecular weight excluding hydrogens is 246 g/mol. The Balaban J connectivity index is 2.49. The number of nitrogens with two attached hydrogens (primary N) is 1. The summed E-state index contributed by atoms with van der Waals surface area (Å²) in [5.74, 6) is 1.67. The third-order valence-corrected chi connectivity index (χ3v) is 3.42. The summed E-state index contributed by atoms with van der Waals surface area (Å²) >= 11 is 3.54. The number of halogens is 1. The number of ether oxygens (including phenoxy) is 2. The Labute approximate surface area is 91.3 Å². The first kappa shape index (κ1) is 9.80. The molecule has 4 heteroatoms. The number of benzene rings is 1. The zero-order chi connectivity index (χ0) is 10.1. The maximum atomic E-state index is 5.53. The van der Waals surface area contributed by atoms with E-state index in [1.165, 1.54) is 5.56 Å². The van der Waals surface area contributed by atoms with Crippen LogP contribution in [0.5, 0.6) is 11.5 Å². The first-order valence-corrected chi connectivity index (χ1v) is 5.31. The van der Waals surface area contributed by atoms with Crippen LogP contribution >= 0.6 is 15.9 Å². The molecule has 0 unspecified atom stereocenters. The van der Waals surface area contributed by atoms with Gasteiger partial charge in [0.25, 0.3) is 0 Å². The van der Waals surface area contributed by atoms with Crippen molar-refractivity contribution in [3.8, 4) is 11.5 Å². The van der Waals surface area contributed by atoms with E-state index < -0.39 is 0 Å². The van der Waals surface area contributed by atoms with Gasteiger partial charge in [0.05, 0.1) is 0 Å². The van der Waals surface area contributed by atoms with Gasteiger partial charge in [-0.05, 0) is 31.5 Å². The van der Waals surface area contributed by atoms with Gasteiger partial charge in [-0.25, -0.2) is 0 Å². The van der Waals surface area contributed by atoms with Gasteiger partial charge in [-0.15, -0.1) is 0 Å². The highest BCUT2D eigenvalue weighted by molar-refractivity contribution is 9.10. The van der Waals surface area contributed by atoms with Crippen LogP contribution in [0.15, 0.2) is 10.5 Å². The van der Waals surface area contributed by atoms with Crippen LogP contribution in [0, 0.1) is 6.92 Å². The Morgan fingerprint density at radius 3 is 3.00 bits per heavy atom. The van der Waals surface area contributed by atoms with Crippen molar-refractivity contribution < 1.29 is 9.47 Å². The molecule has 1 aromatic carbocycles. The molecule has 0 amide bonds. The van der Waals surface area contributed by atoms with Crippen molar-refractivity contribution >= 4 is 15.9 Å². The van der Waals surface area contributed by atoms with Crippen LogP contribution < -0.4 is 15.2 Å². The minimum atomic E-state index is 0.314. The van der Waals surface area contributed by atoms with Crippen LogP contribution in [0.2, 0.25) is 0 Å². The molecule has 2 N–H and O–H groups in total. The summed E-state index contributed by atoms with van der Waals surface area (Å²) in [5, 5.41) is 0. The van der Waals surface area contributed by atoms with Gasteiger partial charge in [-0.1, -0.05) is 15.9 Å². The minimum absolute atomic E-state index is 0.314. The minimum Gasteiger partial charge on any atom is -0.454 e. The highest BCUT2D eigenvalue weighted by Gasteiger charge is 2.20. The zero-order valence-electron chi connectivity index (χ0n) is 7.97. The van der Waals surface area contributed by atoms with E-state index in [2.05, 4.69) is 15.9 Å². The van der Waals surface area contributed by atoms with Crippen molar-refractivity contribution in [2.45, 2.75) is 13.3 Å². The summed E-state index contributed by atoms with van der Waals surface area (Å²) in [7, 11) is 0. The molecule has 1 heterocycles. The summed E-state index contributed by atoms with van der Waals surface area (Å²) in [6.45, 7) is 2.96. The molecule has 0 saturated carbocycles. The standard InChI is InChI=1S/C10H12BrNO2/c1-6-9(11)7(2-3-12)4-8-10(6)14-5-13-8/h4H,2-3,5,12H2,1H3. The molecule has 1 aliphatic heterocycles. The fourth-order valence-electron chi connectivity index (χ4n) is 1.59. The van der Waals surface area contributed by atoms with E-state index in [-0.39, 0.29) is 0 Å². The van der Waals surface area contributed by atoms with Crippen LogP contribution in [0.25, 0.3) is 0 Å². The second-order valence-electron chi connectivity index (χ2n) is 3.25. The van der Waals surface area contributed by atoms with Crippen molar-refractivity contribution in [2.75, 3.05) is 13.3 Å². The van der Waals surface area contributed by atoms with Crippen LogP contribution in [0.4, 0.5) is 0 Å². The van der Waals surface area contributed by atoms with Crippen molar-refractivity contribution in [3.05, 3.63) is 21.7 Å². The molecule has 3 nitrogen and oxygen atoms in total. The van der Waals surface area contributed by atoms with E-state index >= 15 is 0 Å². The number of rotatable bonds is 2. The normalized spacial score (nSPS) is 13.4. The summed E-state index contributed by atoms with van der Waals surface area (Å²) in [6, 6.07) is 1.99. The quantitative estimate of drug-likeness (QED) is 0.882. The van der Waals surface area contributed by atoms with Gasteiger partial charge < -0.3 is 15.2 Å². The Kier molecular flexibility index (Phi) is 2.65. The summed E-state index contributed by atoms with van der Waals surface area (Å²) in [5.41, 5.74) is 7.79. The molecule has 0 spiro atoms. The molecule has 14 heavy (non-hydrogen) atoms. The third kappa shape index (κ3) is 1.48. The molecule has 0 radical (unpaired) electrons. The van der Waals surface area contributed by atoms with Gasteiger partial charge in [-0.2, -0.15) is 0 Å². The molecule has 1 aliphatic rings. The van der Waals surface area contributed by atoms with Gasteiger partial charge in [0.15, 0.2) is 11.5 Å². The zero-order valence-corrected chi connectivity index (χ0v) is 9.56. The molecule has 2 rings (SSSR count). The molecule has 76 valence electrons. The van der Waals surface area contributed by atoms with Crippen molar-refractivity contribution in [3.63, 3.8) is 0 Å². The van der Waals surface area contributed by atoms with Crippen molar-refractivity contribution in [1.82, 2.24) is 0 Å². The lowest BCUT2D eigenvalue weighted by molar-refractivity contribution is 0.173. The largest absolute Gasteiger partial charge is 0.454 e. The number of fused-ring (bicyclic) bond motifs is 1. The van der Waals surface area contributed by atoms with E-state index in [9.17, 15) is 0 Å². The lowest BCUT2D eigenvalue weighted by Crippen LogP contribution is -2.03. The van der Waals surface area contributed by atoms with Crippen LogP contribution in [0.1, 0.15) is 11.1 Å². The number of hydrogen-bond acceptors (Lipinski definition) is 3. The van der Waals surface area contributed by atoms with Gasteiger partial charge in [0.2, 0.25) is 6.79 Å². The van der Waals surface area contributed by atoms with Gasteiger partial charge in [0.1, 0.15) is 0 Å². The fourth-order valence-corrected chi connectivity index (χ4v) is 2.08. The van der Waals surface area contributed by atoms with Crippen LogP contribution in [-0.2, 0) is 6.42 Å². The molecular formula is C10H12BrNO2. The Morgan fingerprint density at radius 2 is 2.29 bits per heavy atom. The SMILES string of the molecule is Cc1c(Br)c(CCN)cc2c1OCO2. The van der Waals surface area contributed by atoms with E-state index in [1.807, 2.05) is 13.0 Å². The van der Waals surface area contributed by atoms with Gasteiger partial charge in [0, 0.05) is 10.0 Å². The van der Waals surface area contributed by atoms with E-state index in [0.717, 1.165) is 28.0 Å². The average molecular weight is 258 g/mol. The first-order valence-electron chi connectivity index (χ1n) is 4.51. The van der Waals surface area contributed by atoms with Crippen molar-refractivity contribution in [1.29, 1.82) is 0 Å². The molecule has 0 aromatic heterocycles. The molecule has 1 aromatic rings. The summed E-state index contributed by atoms with van der Waals surface area (Å²) < 4.78 is 11.8. The monoisotopic (exact) mass is 257 g/mol. The van der Waals surface area contributed by atoms with Gasteiger partial charge in [-0.3, -0.25) is 0 Å². The summed E-state index contributed by atoms with van der Waals surface area (Å²) in [4.78, 5) is 0. The van der Waals surface area contributed by atoms with E-state index in [1.54, 1.807) is 0 Å². The van der Waals surface area contributed by atoms with Crippen molar-refractivity contribution in [2.24, 2.45) is 5.73 Å². The fraction of sp³-hybridized carbons (Fsp3) is 0.400. The maximum absolute atomic E-state index is 5.53. The molecule has 0 atom stereocenters. The third-order valence-electron chi connectivity index (χ3n) is 2.31. The maximum Gasteiger partial charge on any atom is 0.231 e. The first-order chi connectivity index (χ1) is 6.74. The number of hydrogen-bond donors (Lipinski definition) is 1. The predicted molar refractivity (Wildman–Crippen MR) is 57.8 cm³/mol. The smallest absolute Gasteiger partial charge is 0.231 e. The molecule has 0 fully saturated rings. The average Bonchev–Trinajstić information content (AvgIpc) is 2.62. The predicted octanol–water partition coefficient (Wildman–Crippen LogP) is 1.99. The highest BCUT2D eigenvalue weighted by Crippen LogP contribution is 2.41. The second kappa shape index (κ2) is 3.79. The lowest BCUT2D eigenvalue weighted by Gasteiger charge is -2.08. The second-order valence-corrected chi connectivity index (χ2v) is 4.04. The van der Waals surface area contributed by atoms with Crippen LogP contribution in [0.3, 0.4) is 0 Å². The highest BCUT2D eigenvalue weighted by atomic mass is 79.9. The topological polar surface area (TPSA) is 44.5 Å².